The summed E-state index contributed by atoms with van der Waals surface area (Å²) in [6.07, 6.45) is -1.51. The number of ether oxygens (including phenoxy) is 1. The van der Waals surface area contributed by atoms with Crippen molar-refractivity contribution >= 4 is 0 Å². The second-order valence-corrected chi connectivity index (χ2v) is 4.27. The molecule has 18 heavy (non-hydrogen) atoms. The zero-order valence-electron chi connectivity index (χ0n) is 9.73. The molecule has 2 heterocycles. The molecule has 0 spiro atoms. The summed E-state index contributed by atoms with van der Waals surface area (Å²) in [5.74, 6) is 0.423. The number of piperidine rings is 1. The number of halogens is 3. The van der Waals surface area contributed by atoms with Gasteiger partial charge in [-0.1, -0.05) is 0 Å². The fraction of sp³-hybridized carbons (Fsp3) is 0.636. The highest BCUT2D eigenvalue weighted by Gasteiger charge is 2.32. The van der Waals surface area contributed by atoms with Crippen molar-refractivity contribution in [2.75, 3.05) is 19.6 Å². The van der Waals surface area contributed by atoms with Gasteiger partial charge in [-0.2, -0.15) is 18.3 Å². The van der Waals surface area contributed by atoms with Crippen molar-refractivity contribution in [3.05, 3.63) is 18.3 Å². The standard InChI is InChI=1S/C11H14F3N3O/c12-11(13,14)8-17-6-3-9(4-7-17)18-10-2-1-5-15-16-10/h1-2,5,9H,3-4,6-8H2. The fourth-order valence-electron chi connectivity index (χ4n) is 1.96. The van der Waals surface area contributed by atoms with Crippen LogP contribution in [-0.4, -0.2) is 47.0 Å². The van der Waals surface area contributed by atoms with Gasteiger partial charge in [-0.05, 0) is 18.9 Å². The van der Waals surface area contributed by atoms with E-state index in [1.807, 2.05) is 0 Å². The molecular formula is C11H14F3N3O. The van der Waals surface area contributed by atoms with Gasteiger partial charge in [0.1, 0.15) is 6.10 Å². The van der Waals surface area contributed by atoms with Crippen molar-refractivity contribution in [3.8, 4) is 5.88 Å². The van der Waals surface area contributed by atoms with Gasteiger partial charge in [-0.15, -0.1) is 5.10 Å². The molecule has 7 heteroatoms. The normalized spacial score (nSPS) is 18.8. The van der Waals surface area contributed by atoms with E-state index in [9.17, 15) is 13.2 Å². The van der Waals surface area contributed by atoms with Crippen LogP contribution in [0.5, 0.6) is 5.88 Å². The van der Waals surface area contributed by atoms with Gasteiger partial charge in [0.15, 0.2) is 0 Å². The molecule has 0 aliphatic carbocycles. The Morgan fingerprint density at radius 2 is 2.06 bits per heavy atom. The average Bonchev–Trinajstić information content (AvgIpc) is 2.31. The molecule has 0 saturated carbocycles. The Balaban J connectivity index is 1.77. The van der Waals surface area contributed by atoms with E-state index in [1.165, 1.54) is 4.90 Å². The summed E-state index contributed by atoms with van der Waals surface area (Å²) in [7, 11) is 0. The van der Waals surface area contributed by atoms with Crippen LogP contribution in [0.15, 0.2) is 18.3 Å². The molecule has 100 valence electrons. The monoisotopic (exact) mass is 261 g/mol. The van der Waals surface area contributed by atoms with Gasteiger partial charge in [0.25, 0.3) is 0 Å². The van der Waals surface area contributed by atoms with E-state index >= 15 is 0 Å². The Morgan fingerprint density at radius 1 is 1.33 bits per heavy atom. The molecule has 0 aromatic carbocycles. The minimum atomic E-state index is -4.13. The van der Waals surface area contributed by atoms with Gasteiger partial charge < -0.3 is 4.74 Å². The lowest BCUT2D eigenvalue weighted by molar-refractivity contribution is -0.149. The van der Waals surface area contributed by atoms with Crippen molar-refractivity contribution in [3.63, 3.8) is 0 Å². The van der Waals surface area contributed by atoms with Gasteiger partial charge in [-0.25, -0.2) is 0 Å². The molecule has 0 atom stereocenters. The number of alkyl halides is 3. The lowest BCUT2D eigenvalue weighted by Gasteiger charge is -2.32. The summed E-state index contributed by atoms with van der Waals surface area (Å²) in [6.45, 7) is -0.0558. The molecule has 1 aliphatic heterocycles. The maximum absolute atomic E-state index is 12.2. The first kappa shape index (κ1) is 13.1. The van der Waals surface area contributed by atoms with Gasteiger partial charge in [0.2, 0.25) is 5.88 Å². The van der Waals surface area contributed by atoms with Crippen LogP contribution < -0.4 is 4.74 Å². The first-order chi connectivity index (χ1) is 8.53. The summed E-state index contributed by atoms with van der Waals surface area (Å²) >= 11 is 0. The molecule has 1 fully saturated rings. The highest BCUT2D eigenvalue weighted by molar-refractivity contribution is 5.06. The first-order valence-corrected chi connectivity index (χ1v) is 5.76. The molecule has 0 unspecified atom stereocenters. The van der Waals surface area contributed by atoms with Gasteiger partial charge in [-0.3, -0.25) is 4.90 Å². The van der Waals surface area contributed by atoms with Crippen molar-refractivity contribution in [1.82, 2.24) is 15.1 Å². The second-order valence-electron chi connectivity index (χ2n) is 4.27. The minimum absolute atomic E-state index is 0.0776. The average molecular weight is 261 g/mol. The Morgan fingerprint density at radius 3 is 2.61 bits per heavy atom. The summed E-state index contributed by atoms with van der Waals surface area (Å²) in [5, 5.41) is 7.46. The predicted molar refractivity (Wildman–Crippen MR) is 58.2 cm³/mol. The van der Waals surface area contributed by atoms with E-state index in [0.717, 1.165) is 0 Å². The van der Waals surface area contributed by atoms with Crippen LogP contribution in [0.1, 0.15) is 12.8 Å². The number of likely N-dealkylation sites (tertiary alicyclic amines) is 1. The van der Waals surface area contributed by atoms with Gasteiger partial charge >= 0.3 is 6.18 Å². The number of hydrogen-bond donors (Lipinski definition) is 0. The summed E-state index contributed by atoms with van der Waals surface area (Å²) in [6, 6.07) is 3.40. The number of hydrogen-bond acceptors (Lipinski definition) is 4. The molecule has 0 amide bonds. The Hall–Kier alpha value is -1.37. The van der Waals surface area contributed by atoms with Crippen LogP contribution in [0.2, 0.25) is 0 Å². The molecule has 0 N–H and O–H groups in total. The van der Waals surface area contributed by atoms with E-state index in [1.54, 1.807) is 18.3 Å². The predicted octanol–water partition coefficient (Wildman–Crippen LogP) is 1.88. The Kier molecular flexibility index (Phi) is 4.00. The zero-order chi connectivity index (χ0) is 13.0. The molecule has 0 bridgehead atoms. The highest BCUT2D eigenvalue weighted by atomic mass is 19.4. The van der Waals surface area contributed by atoms with E-state index in [4.69, 9.17) is 4.74 Å². The lowest BCUT2D eigenvalue weighted by atomic mass is 10.1. The van der Waals surface area contributed by atoms with Gasteiger partial charge in [0.05, 0.1) is 6.54 Å². The topological polar surface area (TPSA) is 38.2 Å². The number of aromatic nitrogens is 2. The smallest absolute Gasteiger partial charge is 0.401 e. The van der Waals surface area contributed by atoms with Gasteiger partial charge in [0, 0.05) is 25.4 Å². The zero-order valence-corrected chi connectivity index (χ0v) is 9.73. The molecule has 1 aromatic heterocycles. The van der Waals surface area contributed by atoms with Crippen LogP contribution in [0.4, 0.5) is 13.2 Å². The third-order valence-electron chi connectivity index (χ3n) is 2.77. The molecule has 4 nitrogen and oxygen atoms in total. The van der Waals surface area contributed by atoms with E-state index in [0.29, 0.717) is 31.8 Å². The van der Waals surface area contributed by atoms with Crippen LogP contribution >= 0.6 is 0 Å². The Labute approximate surface area is 103 Å². The summed E-state index contributed by atoms with van der Waals surface area (Å²) in [4.78, 5) is 1.40. The molecule has 1 aliphatic rings. The number of rotatable bonds is 3. The van der Waals surface area contributed by atoms with Crippen molar-refractivity contribution in [1.29, 1.82) is 0 Å². The third-order valence-corrected chi connectivity index (χ3v) is 2.77. The maximum atomic E-state index is 12.2. The van der Waals surface area contributed by atoms with Crippen molar-refractivity contribution < 1.29 is 17.9 Å². The fourth-order valence-corrected chi connectivity index (χ4v) is 1.96. The van der Waals surface area contributed by atoms with Crippen LogP contribution in [0, 0.1) is 0 Å². The summed E-state index contributed by atoms with van der Waals surface area (Å²) < 4.78 is 42.1. The lowest BCUT2D eigenvalue weighted by Crippen LogP contribution is -2.42. The summed E-state index contributed by atoms with van der Waals surface area (Å²) in [5.41, 5.74) is 0. The molecule has 0 radical (unpaired) electrons. The third kappa shape index (κ3) is 4.14. The van der Waals surface area contributed by atoms with E-state index in [-0.39, 0.29) is 6.10 Å². The molecule has 1 aromatic rings. The van der Waals surface area contributed by atoms with E-state index < -0.39 is 12.7 Å². The first-order valence-electron chi connectivity index (χ1n) is 5.76. The maximum Gasteiger partial charge on any atom is 0.401 e. The highest BCUT2D eigenvalue weighted by Crippen LogP contribution is 2.21. The quantitative estimate of drug-likeness (QED) is 0.832. The second kappa shape index (κ2) is 5.51. The van der Waals surface area contributed by atoms with Crippen LogP contribution in [0.25, 0.3) is 0 Å². The van der Waals surface area contributed by atoms with Crippen molar-refractivity contribution in [2.45, 2.75) is 25.1 Å². The van der Waals surface area contributed by atoms with Crippen LogP contribution in [-0.2, 0) is 0 Å². The molecule has 2 rings (SSSR count). The van der Waals surface area contributed by atoms with Crippen LogP contribution in [0.3, 0.4) is 0 Å². The largest absolute Gasteiger partial charge is 0.473 e. The number of nitrogens with zero attached hydrogens (tertiary/aromatic N) is 3. The van der Waals surface area contributed by atoms with Crippen molar-refractivity contribution in [2.24, 2.45) is 0 Å². The SMILES string of the molecule is FC(F)(F)CN1CCC(Oc2cccnn2)CC1. The minimum Gasteiger partial charge on any atom is -0.473 e. The molecule has 1 saturated heterocycles. The van der Waals surface area contributed by atoms with E-state index in [2.05, 4.69) is 10.2 Å². The molecular weight excluding hydrogens is 247 g/mol. The Bertz CT molecular complexity index is 364.